The van der Waals surface area contributed by atoms with Crippen LogP contribution in [0.1, 0.15) is 18.4 Å². The highest BCUT2D eigenvalue weighted by Gasteiger charge is 2.32. The van der Waals surface area contributed by atoms with Crippen molar-refractivity contribution in [3.05, 3.63) is 58.1 Å². The summed E-state index contributed by atoms with van der Waals surface area (Å²) in [6.07, 6.45) is 1.26. The number of piperidine rings is 1. The standard InChI is InChI=1S/C20H22Cl2N2O4S/c1-28-17-6-2-5-16(11-17)23-20(25)15-4-3-9-24(12-15)29(26,27)13-14-7-8-18(21)19(22)10-14/h2,5-8,10-11,15H,3-4,9,12-13H2,1H3,(H,23,25)/t15-/m1/s1. The minimum absolute atomic E-state index is 0.152. The molecular weight excluding hydrogens is 435 g/mol. The number of ether oxygens (including phenoxy) is 1. The molecule has 1 heterocycles. The number of methoxy groups -OCH3 is 1. The number of carbonyl (C=O) groups is 1. The van der Waals surface area contributed by atoms with Crippen LogP contribution in [0, 0.1) is 5.92 Å². The number of anilines is 1. The fourth-order valence-electron chi connectivity index (χ4n) is 3.29. The fraction of sp³-hybridized carbons (Fsp3) is 0.350. The Balaban J connectivity index is 1.67. The summed E-state index contributed by atoms with van der Waals surface area (Å²) in [5, 5.41) is 3.54. The van der Waals surface area contributed by atoms with Crippen LogP contribution in [0.5, 0.6) is 5.75 Å². The highest BCUT2D eigenvalue weighted by atomic mass is 35.5. The molecule has 0 aliphatic carbocycles. The minimum atomic E-state index is -3.58. The van der Waals surface area contributed by atoms with E-state index in [2.05, 4.69) is 5.32 Å². The molecule has 0 bridgehead atoms. The molecule has 1 amide bonds. The van der Waals surface area contributed by atoms with E-state index in [1.54, 1.807) is 49.6 Å². The summed E-state index contributed by atoms with van der Waals surface area (Å²) in [6, 6.07) is 11.8. The number of sulfonamides is 1. The normalized spacial score (nSPS) is 17.7. The summed E-state index contributed by atoms with van der Waals surface area (Å²) in [7, 11) is -2.03. The zero-order valence-corrected chi connectivity index (χ0v) is 18.2. The van der Waals surface area contributed by atoms with Gasteiger partial charge in [0, 0.05) is 24.8 Å². The molecule has 9 heteroatoms. The molecule has 2 aromatic rings. The van der Waals surface area contributed by atoms with E-state index in [9.17, 15) is 13.2 Å². The van der Waals surface area contributed by atoms with Crippen molar-refractivity contribution in [2.45, 2.75) is 18.6 Å². The number of rotatable bonds is 6. The first-order valence-electron chi connectivity index (χ1n) is 9.15. The van der Waals surface area contributed by atoms with Crippen LogP contribution < -0.4 is 10.1 Å². The van der Waals surface area contributed by atoms with Gasteiger partial charge in [-0.15, -0.1) is 0 Å². The van der Waals surface area contributed by atoms with Crippen molar-refractivity contribution in [3.63, 3.8) is 0 Å². The van der Waals surface area contributed by atoms with Crippen molar-refractivity contribution < 1.29 is 17.9 Å². The third-order valence-electron chi connectivity index (χ3n) is 4.82. The molecule has 3 rings (SSSR count). The van der Waals surface area contributed by atoms with Gasteiger partial charge in [-0.05, 0) is 42.7 Å². The molecule has 1 atom stereocenters. The molecular formula is C20H22Cl2N2O4S. The molecule has 6 nitrogen and oxygen atoms in total. The summed E-state index contributed by atoms with van der Waals surface area (Å²) in [5.74, 6) is -0.169. The second kappa shape index (κ2) is 9.34. The number of amides is 1. The minimum Gasteiger partial charge on any atom is -0.497 e. The first-order valence-corrected chi connectivity index (χ1v) is 11.5. The van der Waals surface area contributed by atoms with E-state index in [1.807, 2.05) is 0 Å². The summed E-state index contributed by atoms with van der Waals surface area (Å²) in [4.78, 5) is 12.7. The summed E-state index contributed by atoms with van der Waals surface area (Å²) >= 11 is 11.9. The molecule has 0 saturated carbocycles. The fourth-order valence-corrected chi connectivity index (χ4v) is 5.20. The van der Waals surface area contributed by atoms with Crippen molar-refractivity contribution >= 4 is 44.8 Å². The van der Waals surface area contributed by atoms with Gasteiger partial charge in [-0.3, -0.25) is 4.79 Å². The highest BCUT2D eigenvalue weighted by Crippen LogP contribution is 2.26. The Morgan fingerprint density at radius 2 is 2.00 bits per heavy atom. The van der Waals surface area contributed by atoms with Crippen molar-refractivity contribution in [3.8, 4) is 5.75 Å². The monoisotopic (exact) mass is 456 g/mol. The van der Waals surface area contributed by atoms with Crippen LogP contribution in [0.3, 0.4) is 0 Å². The SMILES string of the molecule is COc1cccc(NC(=O)[C@@H]2CCCN(S(=O)(=O)Cc3ccc(Cl)c(Cl)c3)C2)c1. The largest absolute Gasteiger partial charge is 0.497 e. The van der Waals surface area contributed by atoms with Gasteiger partial charge >= 0.3 is 0 Å². The first kappa shape index (κ1) is 21.9. The number of benzene rings is 2. The molecule has 29 heavy (non-hydrogen) atoms. The van der Waals surface area contributed by atoms with E-state index in [1.165, 1.54) is 4.31 Å². The Labute approximate surface area is 180 Å². The number of halogens is 2. The van der Waals surface area contributed by atoms with Crippen molar-refractivity contribution in [1.82, 2.24) is 4.31 Å². The third-order valence-corrected chi connectivity index (χ3v) is 7.37. The predicted octanol–water partition coefficient (Wildman–Crippen LogP) is 4.18. The van der Waals surface area contributed by atoms with Crippen LogP contribution >= 0.6 is 23.2 Å². The van der Waals surface area contributed by atoms with Crippen LogP contribution in [-0.2, 0) is 20.6 Å². The van der Waals surface area contributed by atoms with Gasteiger partial charge in [-0.2, -0.15) is 0 Å². The van der Waals surface area contributed by atoms with E-state index in [-0.39, 0.29) is 18.2 Å². The summed E-state index contributed by atoms with van der Waals surface area (Å²) in [5.41, 5.74) is 1.17. The molecule has 1 aliphatic heterocycles. The van der Waals surface area contributed by atoms with Gasteiger partial charge in [0.15, 0.2) is 0 Å². The Bertz CT molecular complexity index is 998. The average molecular weight is 457 g/mol. The summed E-state index contributed by atoms with van der Waals surface area (Å²) in [6.45, 7) is 0.548. The maximum Gasteiger partial charge on any atom is 0.228 e. The van der Waals surface area contributed by atoms with Gasteiger partial charge in [0.05, 0.1) is 28.8 Å². The number of carbonyl (C=O) groups excluding carboxylic acids is 1. The molecule has 0 aromatic heterocycles. The number of hydrogen-bond donors (Lipinski definition) is 1. The Kier molecular flexibility index (Phi) is 7.05. The molecule has 0 radical (unpaired) electrons. The second-order valence-corrected chi connectivity index (χ2v) is 9.71. The van der Waals surface area contributed by atoms with Gasteiger partial charge in [-0.1, -0.05) is 35.3 Å². The predicted molar refractivity (Wildman–Crippen MR) is 115 cm³/mol. The van der Waals surface area contributed by atoms with E-state index in [4.69, 9.17) is 27.9 Å². The number of hydrogen-bond acceptors (Lipinski definition) is 4. The molecule has 2 aromatic carbocycles. The van der Waals surface area contributed by atoms with Crippen LogP contribution in [-0.4, -0.2) is 38.8 Å². The second-order valence-electron chi connectivity index (χ2n) is 6.92. The lowest BCUT2D eigenvalue weighted by atomic mass is 9.98. The maximum atomic E-state index is 12.9. The molecule has 1 saturated heterocycles. The lowest BCUT2D eigenvalue weighted by Crippen LogP contribution is -2.44. The quantitative estimate of drug-likeness (QED) is 0.706. The van der Waals surface area contributed by atoms with Gasteiger partial charge in [0.1, 0.15) is 5.75 Å². The molecule has 1 fully saturated rings. The van der Waals surface area contributed by atoms with Crippen molar-refractivity contribution in [2.75, 3.05) is 25.5 Å². The Morgan fingerprint density at radius 3 is 2.72 bits per heavy atom. The maximum absolute atomic E-state index is 12.9. The molecule has 1 N–H and O–H groups in total. The van der Waals surface area contributed by atoms with Crippen LogP contribution in [0.2, 0.25) is 10.0 Å². The van der Waals surface area contributed by atoms with E-state index in [0.717, 1.165) is 0 Å². The number of nitrogens with one attached hydrogen (secondary N) is 1. The average Bonchev–Trinajstić information content (AvgIpc) is 2.71. The van der Waals surface area contributed by atoms with Gasteiger partial charge in [0.2, 0.25) is 15.9 Å². The van der Waals surface area contributed by atoms with E-state index < -0.39 is 15.9 Å². The van der Waals surface area contributed by atoms with Gasteiger partial charge in [0.25, 0.3) is 0 Å². The molecule has 1 aliphatic rings. The zero-order chi connectivity index (χ0) is 21.0. The zero-order valence-electron chi connectivity index (χ0n) is 15.9. The third kappa shape index (κ3) is 5.63. The Morgan fingerprint density at radius 1 is 1.21 bits per heavy atom. The van der Waals surface area contributed by atoms with E-state index >= 15 is 0 Å². The first-order chi connectivity index (χ1) is 13.8. The lowest BCUT2D eigenvalue weighted by molar-refractivity contribution is -0.120. The van der Waals surface area contributed by atoms with Crippen LogP contribution in [0.15, 0.2) is 42.5 Å². The van der Waals surface area contributed by atoms with Crippen molar-refractivity contribution in [1.29, 1.82) is 0 Å². The van der Waals surface area contributed by atoms with Crippen LogP contribution in [0.4, 0.5) is 5.69 Å². The van der Waals surface area contributed by atoms with Crippen molar-refractivity contribution in [2.24, 2.45) is 5.92 Å². The van der Waals surface area contributed by atoms with E-state index in [0.29, 0.717) is 46.4 Å². The molecule has 0 spiro atoms. The smallest absolute Gasteiger partial charge is 0.228 e. The number of nitrogens with zero attached hydrogens (tertiary/aromatic N) is 1. The molecule has 0 unspecified atom stereocenters. The van der Waals surface area contributed by atoms with Gasteiger partial charge in [-0.25, -0.2) is 12.7 Å². The van der Waals surface area contributed by atoms with Crippen LogP contribution in [0.25, 0.3) is 0 Å². The lowest BCUT2D eigenvalue weighted by Gasteiger charge is -2.31. The Hall–Kier alpha value is -1.80. The summed E-state index contributed by atoms with van der Waals surface area (Å²) < 4.78 is 32.3. The molecule has 156 valence electrons. The van der Waals surface area contributed by atoms with Gasteiger partial charge < -0.3 is 10.1 Å². The topological polar surface area (TPSA) is 75.7 Å². The highest BCUT2D eigenvalue weighted by molar-refractivity contribution is 7.88.